The molecule has 3 rings (SSSR count). The van der Waals surface area contributed by atoms with E-state index in [4.69, 9.17) is 9.15 Å². The van der Waals surface area contributed by atoms with Crippen LogP contribution in [0.5, 0.6) is 0 Å². The topological polar surface area (TPSA) is 80.6 Å². The molecule has 0 saturated carbocycles. The Hall–Kier alpha value is -3.54. The maximum absolute atomic E-state index is 12.3. The molecule has 1 amide bonds. The Balaban J connectivity index is 1.56. The van der Waals surface area contributed by atoms with Gasteiger partial charge in [-0.05, 0) is 36.4 Å². The van der Waals surface area contributed by atoms with Crippen molar-refractivity contribution in [3.63, 3.8) is 0 Å². The molecule has 3 aromatic rings. The highest BCUT2D eigenvalue weighted by molar-refractivity contribution is 5.98. The number of amides is 1. The smallest absolute Gasteiger partial charge is 0.340 e. The van der Waals surface area contributed by atoms with E-state index in [1.807, 2.05) is 30.3 Å². The number of hydrogen-bond acceptors (Lipinski definition) is 5. The molecule has 1 heterocycles. The van der Waals surface area contributed by atoms with Crippen molar-refractivity contribution < 1.29 is 18.7 Å². The first-order valence-corrected chi connectivity index (χ1v) is 8.09. The monoisotopic (exact) mass is 350 g/mol. The van der Waals surface area contributed by atoms with Gasteiger partial charge in [0.15, 0.2) is 6.61 Å². The largest absolute Gasteiger partial charge is 0.467 e. The van der Waals surface area contributed by atoms with Crippen LogP contribution in [0.15, 0.2) is 77.4 Å². The lowest BCUT2D eigenvalue weighted by molar-refractivity contribution is -0.119. The first-order chi connectivity index (χ1) is 12.7. The molecule has 0 bridgehead atoms. The summed E-state index contributed by atoms with van der Waals surface area (Å²) in [4.78, 5) is 24.2. The summed E-state index contributed by atoms with van der Waals surface area (Å²) < 4.78 is 10.4. The Morgan fingerprint density at radius 3 is 2.46 bits per heavy atom. The van der Waals surface area contributed by atoms with Crippen molar-refractivity contribution in [3.8, 4) is 0 Å². The molecule has 26 heavy (non-hydrogen) atoms. The van der Waals surface area contributed by atoms with Crippen LogP contribution >= 0.6 is 0 Å². The SMILES string of the molecule is O=C(COC(=O)c1ccccc1NCc1ccco1)Nc1ccccc1. The Morgan fingerprint density at radius 2 is 1.69 bits per heavy atom. The van der Waals surface area contributed by atoms with Crippen molar-refractivity contribution in [3.05, 3.63) is 84.3 Å². The summed E-state index contributed by atoms with van der Waals surface area (Å²) in [5.41, 5.74) is 1.61. The molecular weight excluding hydrogens is 332 g/mol. The van der Waals surface area contributed by atoms with E-state index in [1.165, 1.54) is 0 Å². The predicted octanol–water partition coefficient (Wildman–Crippen LogP) is 3.69. The average molecular weight is 350 g/mol. The minimum absolute atomic E-state index is 0.353. The molecule has 1 aromatic heterocycles. The van der Waals surface area contributed by atoms with Crippen LogP contribution in [0.3, 0.4) is 0 Å². The molecule has 0 fully saturated rings. The fourth-order valence-corrected chi connectivity index (χ4v) is 2.34. The summed E-state index contributed by atoms with van der Waals surface area (Å²) in [6.07, 6.45) is 1.59. The van der Waals surface area contributed by atoms with Crippen LogP contribution in [0.4, 0.5) is 11.4 Å². The van der Waals surface area contributed by atoms with Crippen LogP contribution in [-0.2, 0) is 16.1 Å². The number of carbonyl (C=O) groups is 2. The number of hydrogen-bond donors (Lipinski definition) is 2. The maximum Gasteiger partial charge on any atom is 0.340 e. The van der Waals surface area contributed by atoms with Gasteiger partial charge >= 0.3 is 5.97 Å². The van der Waals surface area contributed by atoms with Gasteiger partial charge in [-0.2, -0.15) is 0 Å². The molecule has 0 saturated heterocycles. The zero-order valence-corrected chi connectivity index (χ0v) is 14.0. The van der Waals surface area contributed by atoms with Gasteiger partial charge < -0.3 is 19.8 Å². The Labute approximate surface area is 150 Å². The molecule has 2 N–H and O–H groups in total. The maximum atomic E-state index is 12.3. The van der Waals surface area contributed by atoms with Crippen molar-refractivity contribution in [1.82, 2.24) is 0 Å². The quantitative estimate of drug-likeness (QED) is 0.635. The second-order valence-corrected chi connectivity index (χ2v) is 5.47. The molecule has 6 nitrogen and oxygen atoms in total. The van der Waals surface area contributed by atoms with E-state index in [9.17, 15) is 9.59 Å². The average Bonchev–Trinajstić information content (AvgIpc) is 3.19. The lowest BCUT2D eigenvalue weighted by Crippen LogP contribution is -2.21. The third-order valence-electron chi connectivity index (χ3n) is 3.57. The van der Waals surface area contributed by atoms with Crippen LogP contribution in [0.25, 0.3) is 0 Å². The molecule has 0 atom stereocenters. The molecule has 0 aliphatic heterocycles. The zero-order chi connectivity index (χ0) is 18.2. The van der Waals surface area contributed by atoms with Gasteiger partial charge in [0, 0.05) is 11.4 Å². The number of benzene rings is 2. The molecule has 0 radical (unpaired) electrons. The lowest BCUT2D eigenvalue weighted by Gasteiger charge is -2.11. The Kier molecular flexibility index (Phi) is 5.67. The van der Waals surface area contributed by atoms with Gasteiger partial charge in [-0.3, -0.25) is 4.79 Å². The van der Waals surface area contributed by atoms with Crippen molar-refractivity contribution in [1.29, 1.82) is 0 Å². The van der Waals surface area contributed by atoms with Gasteiger partial charge in [-0.25, -0.2) is 4.79 Å². The Morgan fingerprint density at radius 1 is 0.923 bits per heavy atom. The minimum atomic E-state index is -0.573. The molecule has 0 spiro atoms. The van der Waals surface area contributed by atoms with Gasteiger partial charge in [-0.15, -0.1) is 0 Å². The summed E-state index contributed by atoms with van der Waals surface area (Å²) in [7, 11) is 0. The zero-order valence-electron chi connectivity index (χ0n) is 14.0. The van der Waals surface area contributed by atoms with E-state index in [0.717, 1.165) is 5.76 Å². The van der Waals surface area contributed by atoms with Crippen LogP contribution in [0.1, 0.15) is 16.1 Å². The van der Waals surface area contributed by atoms with Crippen LogP contribution in [0.2, 0.25) is 0 Å². The van der Waals surface area contributed by atoms with E-state index in [2.05, 4.69) is 10.6 Å². The van der Waals surface area contributed by atoms with Crippen molar-refractivity contribution in [2.45, 2.75) is 6.54 Å². The summed E-state index contributed by atoms with van der Waals surface area (Å²) >= 11 is 0. The highest BCUT2D eigenvalue weighted by Gasteiger charge is 2.14. The van der Waals surface area contributed by atoms with Crippen LogP contribution in [-0.4, -0.2) is 18.5 Å². The normalized spacial score (nSPS) is 10.2. The van der Waals surface area contributed by atoms with Crippen LogP contribution < -0.4 is 10.6 Å². The third kappa shape index (κ3) is 4.73. The van der Waals surface area contributed by atoms with Crippen molar-refractivity contribution in [2.75, 3.05) is 17.2 Å². The lowest BCUT2D eigenvalue weighted by atomic mass is 10.2. The number of rotatable bonds is 7. The standard InChI is InChI=1S/C20H18N2O4/c23-19(22-15-7-2-1-3-8-15)14-26-20(24)17-10-4-5-11-18(17)21-13-16-9-6-12-25-16/h1-12,21H,13-14H2,(H,22,23). The Bertz CT molecular complexity index is 861. The number of nitrogens with one attached hydrogen (secondary N) is 2. The number of anilines is 2. The molecule has 132 valence electrons. The second-order valence-electron chi connectivity index (χ2n) is 5.47. The molecule has 0 unspecified atom stereocenters. The predicted molar refractivity (Wildman–Crippen MR) is 97.8 cm³/mol. The summed E-state index contributed by atoms with van der Waals surface area (Å²) in [6.45, 7) is 0.0754. The first kappa shape index (κ1) is 17.3. The van der Waals surface area contributed by atoms with E-state index >= 15 is 0 Å². The van der Waals surface area contributed by atoms with Gasteiger partial charge in [0.05, 0.1) is 18.4 Å². The molecule has 2 aromatic carbocycles. The van der Waals surface area contributed by atoms with Gasteiger partial charge in [0.1, 0.15) is 5.76 Å². The van der Waals surface area contributed by atoms with Gasteiger partial charge in [0.25, 0.3) is 5.91 Å². The van der Waals surface area contributed by atoms with E-state index in [1.54, 1.807) is 42.7 Å². The van der Waals surface area contributed by atoms with E-state index < -0.39 is 11.9 Å². The van der Waals surface area contributed by atoms with Crippen molar-refractivity contribution in [2.24, 2.45) is 0 Å². The van der Waals surface area contributed by atoms with Gasteiger partial charge in [-0.1, -0.05) is 30.3 Å². The summed E-state index contributed by atoms with van der Waals surface area (Å²) in [6, 6.07) is 19.6. The molecule has 0 aliphatic rings. The fraction of sp³-hybridized carbons (Fsp3) is 0.100. The van der Waals surface area contributed by atoms with E-state index in [-0.39, 0.29) is 6.61 Å². The van der Waals surface area contributed by atoms with Crippen LogP contribution in [0, 0.1) is 0 Å². The molecule has 6 heteroatoms. The number of furan rings is 1. The third-order valence-corrected chi connectivity index (χ3v) is 3.57. The second kappa shape index (κ2) is 8.53. The van der Waals surface area contributed by atoms with E-state index in [0.29, 0.717) is 23.5 Å². The first-order valence-electron chi connectivity index (χ1n) is 8.09. The number of carbonyl (C=O) groups excluding carboxylic acids is 2. The summed E-state index contributed by atoms with van der Waals surface area (Å²) in [5.74, 6) is -0.225. The number of para-hydroxylation sites is 2. The highest BCUT2D eigenvalue weighted by atomic mass is 16.5. The minimum Gasteiger partial charge on any atom is -0.467 e. The summed E-state index contributed by atoms with van der Waals surface area (Å²) in [5, 5.41) is 5.79. The van der Waals surface area contributed by atoms with Crippen molar-refractivity contribution >= 4 is 23.3 Å². The molecular formula is C20H18N2O4. The number of esters is 1. The van der Waals surface area contributed by atoms with Gasteiger partial charge in [0.2, 0.25) is 0 Å². The molecule has 0 aliphatic carbocycles. The number of ether oxygens (including phenoxy) is 1. The fourth-order valence-electron chi connectivity index (χ4n) is 2.34. The highest BCUT2D eigenvalue weighted by Crippen LogP contribution is 2.17.